The van der Waals surface area contributed by atoms with E-state index < -0.39 is 12.2 Å². The van der Waals surface area contributed by atoms with Crippen molar-refractivity contribution in [2.45, 2.75) is 50.7 Å². The SMILES string of the molecule is CN(C)C(=O)c1cc2cnc(Nc3ccc(C(=O)N4CC5CN(C(=O)O)CC(C4)C5O)cn3)nc2n1C1CCCCCC1. The molecule has 13 nitrogen and oxygen atoms in total. The topological polar surface area (TPSA) is 157 Å². The smallest absolute Gasteiger partial charge is 0.407 e. The predicted octanol–water partition coefficient (Wildman–Crippen LogP) is 3.21. The van der Waals surface area contributed by atoms with Gasteiger partial charge in [0.15, 0.2) is 0 Å². The van der Waals surface area contributed by atoms with Crippen LogP contribution in [0.25, 0.3) is 11.0 Å². The van der Waals surface area contributed by atoms with Gasteiger partial charge in [-0.05, 0) is 31.0 Å². The number of carbonyl (C=O) groups is 3. The molecule has 2 bridgehead atoms. The van der Waals surface area contributed by atoms with Crippen LogP contribution in [0.4, 0.5) is 16.6 Å². The number of piperidine rings is 2. The zero-order valence-corrected chi connectivity index (χ0v) is 24.5. The van der Waals surface area contributed by atoms with Crippen molar-refractivity contribution in [1.29, 1.82) is 0 Å². The second kappa shape index (κ2) is 11.8. The van der Waals surface area contributed by atoms with Crippen molar-refractivity contribution in [2.75, 3.05) is 45.6 Å². The van der Waals surface area contributed by atoms with E-state index in [1.54, 1.807) is 42.2 Å². The fourth-order valence-corrected chi connectivity index (χ4v) is 6.77. The van der Waals surface area contributed by atoms with Gasteiger partial charge in [-0.3, -0.25) is 9.59 Å². The van der Waals surface area contributed by atoms with E-state index in [0.717, 1.165) is 31.1 Å². The van der Waals surface area contributed by atoms with E-state index >= 15 is 0 Å². The number of nitrogens with one attached hydrogen (secondary N) is 1. The molecule has 2 atom stereocenters. The Labute approximate surface area is 249 Å². The van der Waals surface area contributed by atoms with E-state index in [1.165, 1.54) is 23.9 Å². The van der Waals surface area contributed by atoms with Gasteiger partial charge >= 0.3 is 6.09 Å². The van der Waals surface area contributed by atoms with E-state index in [2.05, 4.69) is 19.9 Å². The van der Waals surface area contributed by atoms with Gasteiger partial charge in [0.05, 0.1) is 11.7 Å². The molecular formula is C30H38N8O5. The van der Waals surface area contributed by atoms with Crippen molar-refractivity contribution in [3.05, 3.63) is 41.9 Å². The van der Waals surface area contributed by atoms with Gasteiger partial charge in [-0.25, -0.2) is 14.8 Å². The van der Waals surface area contributed by atoms with E-state index in [0.29, 0.717) is 28.7 Å². The number of nitrogens with zero attached hydrogens (tertiary/aromatic N) is 7. The molecule has 6 rings (SSSR count). The number of anilines is 2. The molecule has 3 aliphatic rings. The molecule has 2 aliphatic heterocycles. The fraction of sp³-hybridized carbons (Fsp3) is 0.533. The highest BCUT2D eigenvalue weighted by Crippen LogP contribution is 2.33. The second-order valence-electron chi connectivity index (χ2n) is 12.2. The molecule has 2 unspecified atom stereocenters. The maximum absolute atomic E-state index is 13.3. The van der Waals surface area contributed by atoms with Crippen molar-refractivity contribution >= 4 is 40.7 Å². The maximum atomic E-state index is 13.3. The average molecular weight is 591 g/mol. The molecule has 0 spiro atoms. The van der Waals surface area contributed by atoms with Crippen molar-refractivity contribution in [1.82, 2.24) is 34.2 Å². The third kappa shape index (κ3) is 5.73. The molecule has 3 N–H and O–H groups in total. The highest BCUT2D eigenvalue weighted by atomic mass is 16.4. The number of fused-ring (bicyclic) bond motifs is 3. The number of aromatic nitrogens is 4. The predicted molar refractivity (Wildman–Crippen MR) is 158 cm³/mol. The first kappa shape index (κ1) is 28.8. The minimum Gasteiger partial charge on any atom is -0.465 e. The Hall–Kier alpha value is -4.26. The second-order valence-corrected chi connectivity index (χ2v) is 12.2. The molecule has 3 amide bonds. The van der Waals surface area contributed by atoms with Crippen molar-refractivity contribution < 1.29 is 24.6 Å². The van der Waals surface area contributed by atoms with Crippen LogP contribution in [0, 0.1) is 11.8 Å². The van der Waals surface area contributed by atoms with Crippen molar-refractivity contribution in [2.24, 2.45) is 11.8 Å². The summed E-state index contributed by atoms with van der Waals surface area (Å²) >= 11 is 0. The molecule has 1 saturated carbocycles. The molecule has 43 heavy (non-hydrogen) atoms. The van der Waals surface area contributed by atoms with Crippen LogP contribution < -0.4 is 5.32 Å². The normalized spacial score (nSPS) is 22.7. The Balaban J connectivity index is 1.20. The highest BCUT2D eigenvalue weighted by molar-refractivity contribution is 5.98. The van der Waals surface area contributed by atoms with E-state index in [9.17, 15) is 24.6 Å². The molecule has 13 heteroatoms. The molecule has 3 fully saturated rings. The molecule has 1 aliphatic carbocycles. The Morgan fingerprint density at radius 1 is 0.930 bits per heavy atom. The Morgan fingerprint density at radius 3 is 2.21 bits per heavy atom. The molecule has 0 aromatic carbocycles. The van der Waals surface area contributed by atoms with Crippen LogP contribution in [0.15, 0.2) is 30.6 Å². The van der Waals surface area contributed by atoms with Gasteiger partial charge in [0.2, 0.25) is 5.95 Å². The fourth-order valence-electron chi connectivity index (χ4n) is 6.77. The van der Waals surface area contributed by atoms with Gasteiger partial charge in [0, 0.05) is 75.9 Å². The number of hydrogen-bond donors (Lipinski definition) is 3. The Kier molecular flexibility index (Phi) is 7.91. The minimum absolute atomic E-state index is 0.0651. The average Bonchev–Trinajstić information content (AvgIpc) is 3.14. The molecule has 0 radical (unpaired) electrons. The summed E-state index contributed by atoms with van der Waals surface area (Å²) in [6, 6.07) is 5.44. The standard InChI is InChI=1S/C30H38N8O5/c1-35(2)28(41)23-11-19-13-32-29(34-26(19)38(23)22-7-5-3-4-6-8-22)33-24-10-9-18(12-31-24)27(40)36-14-20-16-37(30(42)43)17-21(15-36)25(20)39/h9-13,20-22,25,39H,3-8,14-17H2,1-2H3,(H,42,43)(H,31,32,33,34). The van der Waals surface area contributed by atoms with Crippen LogP contribution in [0.2, 0.25) is 0 Å². The number of amides is 3. The number of aliphatic hydroxyl groups excluding tert-OH is 1. The summed E-state index contributed by atoms with van der Waals surface area (Å²) in [7, 11) is 3.51. The number of carboxylic acid groups (broad SMARTS) is 1. The summed E-state index contributed by atoms with van der Waals surface area (Å²) in [5.41, 5.74) is 1.73. The third-order valence-corrected chi connectivity index (χ3v) is 8.98. The first-order valence-corrected chi connectivity index (χ1v) is 15.0. The summed E-state index contributed by atoms with van der Waals surface area (Å²) in [5.74, 6) is -0.0998. The lowest BCUT2D eigenvalue weighted by molar-refractivity contribution is -0.0633. The minimum atomic E-state index is -1.00. The molecule has 5 heterocycles. The van der Waals surface area contributed by atoms with Crippen LogP contribution in [-0.4, -0.2) is 109 Å². The van der Waals surface area contributed by atoms with Crippen LogP contribution in [0.1, 0.15) is 65.4 Å². The first-order chi connectivity index (χ1) is 20.7. The van der Waals surface area contributed by atoms with E-state index in [-0.39, 0.29) is 55.9 Å². The zero-order chi connectivity index (χ0) is 30.2. The van der Waals surface area contributed by atoms with Crippen molar-refractivity contribution in [3.63, 3.8) is 0 Å². The first-order valence-electron chi connectivity index (χ1n) is 15.0. The number of likely N-dealkylation sites (tertiary alicyclic amines) is 2. The summed E-state index contributed by atoms with van der Waals surface area (Å²) in [6.45, 7) is 0.981. The molecule has 3 aromatic heterocycles. The maximum Gasteiger partial charge on any atom is 0.407 e. The van der Waals surface area contributed by atoms with Gasteiger partial charge in [-0.2, -0.15) is 4.98 Å². The Bertz CT molecular complexity index is 1500. The van der Waals surface area contributed by atoms with E-state index in [4.69, 9.17) is 4.98 Å². The molecular weight excluding hydrogens is 552 g/mol. The molecule has 3 aromatic rings. The number of aliphatic hydroxyl groups is 1. The van der Waals surface area contributed by atoms with E-state index in [1.807, 2.05) is 6.07 Å². The summed E-state index contributed by atoms with van der Waals surface area (Å²) in [6.07, 6.45) is 8.21. The van der Waals surface area contributed by atoms with Crippen LogP contribution in [-0.2, 0) is 0 Å². The molecule has 2 saturated heterocycles. The zero-order valence-electron chi connectivity index (χ0n) is 24.5. The lowest BCUT2D eigenvalue weighted by atomic mass is 9.81. The van der Waals surface area contributed by atoms with Crippen LogP contribution in [0.5, 0.6) is 0 Å². The summed E-state index contributed by atoms with van der Waals surface area (Å²) in [4.78, 5) is 56.1. The van der Waals surface area contributed by atoms with Gasteiger partial charge < -0.3 is 34.8 Å². The van der Waals surface area contributed by atoms with Gasteiger partial charge in [-0.15, -0.1) is 0 Å². The number of pyridine rings is 1. The summed E-state index contributed by atoms with van der Waals surface area (Å²) in [5, 5.41) is 23.9. The van der Waals surface area contributed by atoms with Crippen LogP contribution in [0.3, 0.4) is 0 Å². The highest BCUT2D eigenvalue weighted by Gasteiger charge is 2.44. The Morgan fingerprint density at radius 2 is 1.60 bits per heavy atom. The molecule has 228 valence electrons. The van der Waals surface area contributed by atoms with Gasteiger partial charge in [0.25, 0.3) is 11.8 Å². The lowest BCUT2D eigenvalue weighted by Crippen LogP contribution is -2.61. The number of hydrogen-bond acceptors (Lipinski definition) is 8. The van der Waals surface area contributed by atoms with Crippen LogP contribution >= 0.6 is 0 Å². The summed E-state index contributed by atoms with van der Waals surface area (Å²) < 4.78 is 2.09. The third-order valence-electron chi connectivity index (χ3n) is 8.98. The number of rotatable bonds is 5. The van der Waals surface area contributed by atoms with Gasteiger partial charge in [-0.1, -0.05) is 25.7 Å². The largest absolute Gasteiger partial charge is 0.465 e. The number of carbonyl (C=O) groups excluding carboxylic acids is 2. The van der Waals surface area contributed by atoms with Gasteiger partial charge in [0.1, 0.15) is 17.2 Å². The van der Waals surface area contributed by atoms with Crippen molar-refractivity contribution in [3.8, 4) is 0 Å². The quantitative estimate of drug-likeness (QED) is 0.380. The lowest BCUT2D eigenvalue weighted by Gasteiger charge is -2.48. The monoisotopic (exact) mass is 590 g/mol.